The van der Waals surface area contributed by atoms with Crippen LogP contribution in [-0.2, 0) is 0 Å². The molecule has 0 N–H and O–H groups in total. The zero-order valence-electron chi connectivity index (χ0n) is 31.5. The molecule has 0 aliphatic carbocycles. The second kappa shape index (κ2) is 15.0. The highest BCUT2D eigenvalue weighted by atomic mass is 15.1. The first-order chi connectivity index (χ1) is 28.3. The lowest BCUT2D eigenvalue weighted by atomic mass is 9.89. The number of anilines is 3. The van der Waals surface area contributed by atoms with Gasteiger partial charge in [0.2, 0.25) is 0 Å². The largest absolute Gasteiger partial charge is 0.310 e. The van der Waals surface area contributed by atoms with Gasteiger partial charge in [-0.05, 0) is 102 Å². The Morgan fingerprint density at radius 2 is 0.667 bits per heavy atom. The molecule has 0 heterocycles. The molecule has 0 aliphatic rings. The fraction of sp³-hybridized carbons (Fsp3) is 0. The van der Waals surface area contributed by atoms with E-state index in [0.29, 0.717) is 0 Å². The van der Waals surface area contributed by atoms with Gasteiger partial charge < -0.3 is 4.90 Å². The summed E-state index contributed by atoms with van der Waals surface area (Å²) in [5, 5.41) is 5.00. The molecule has 0 fully saturated rings. The van der Waals surface area contributed by atoms with Crippen molar-refractivity contribution in [3.05, 3.63) is 237 Å². The van der Waals surface area contributed by atoms with Gasteiger partial charge in [0.1, 0.15) is 0 Å². The Balaban J connectivity index is 1.10. The third kappa shape index (κ3) is 6.56. The summed E-state index contributed by atoms with van der Waals surface area (Å²) in [6.45, 7) is 0. The molecule has 10 aromatic carbocycles. The minimum atomic E-state index is 1.09. The first kappa shape index (κ1) is 34.0. The van der Waals surface area contributed by atoms with Crippen molar-refractivity contribution in [1.82, 2.24) is 0 Å². The fourth-order valence-electron chi connectivity index (χ4n) is 8.30. The van der Waals surface area contributed by atoms with Gasteiger partial charge in [0.05, 0.1) is 5.69 Å². The lowest BCUT2D eigenvalue weighted by molar-refractivity contribution is 1.28. The molecule has 1 nitrogen and oxygen atoms in total. The van der Waals surface area contributed by atoms with E-state index in [0.717, 1.165) is 17.1 Å². The number of nitrogens with zero attached hydrogens (tertiary/aromatic N) is 1. The van der Waals surface area contributed by atoms with Gasteiger partial charge in [0.15, 0.2) is 0 Å². The number of hydrogen-bond acceptors (Lipinski definition) is 1. The molecule has 268 valence electrons. The molecular formula is C56H39N. The Morgan fingerprint density at radius 3 is 1.35 bits per heavy atom. The van der Waals surface area contributed by atoms with Crippen molar-refractivity contribution in [2.24, 2.45) is 0 Å². The molecule has 0 bridgehead atoms. The molecule has 0 saturated carbocycles. The summed E-state index contributed by atoms with van der Waals surface area (Å²) in [4.78, 5) is 2.40. The van der Waals surface area contributed by atoms with E-state index in [1.807, 2.05) is 0 Å². The van der Waals surface area contributed by atoms with Crippen LogP contribution in [0, 0.1) is 0 Å². The Kier molecular flexibility index (Phi) is 8.95. The van der Waals surface area contributed by atoms with E-state index in [1.165, 1.54) is 77.2 Å². The number of benzene rings is 10. The molecule has 0 saturated heterocycles. The Labute approximate surface area is 334 Å². The first-order valence-corrected chi connectivity index (χ1v) is 19.6. The zero-order chi connectivity index (χ0) is 38.0. The molecule has 0 unspecified atom stereocenters. The monoisotopic (exact) mass is 725 g/mol. The normalized spacial score (nSPS) is 11.2. The van der Waals surface area contributed by atoms with Gasteiger partial charge in [0, 0.05) is 16.9 Å². The first-order valence-electron chi connectivity index (χ1n) is 19.6. The molecule has 0 aliphatic heterocycles. The molecule has 10 rings (SSSR count). The van der Waals surface area contributed by atoms with Gasteiger partial charge in [-0.2, -0.15) is 0 Å². The van der Waals surface area contributed by atoms with E-state index in [9.17, 15) is 0 Å². The third-order valence-corrected chi connectivity index (χ3v) is 11.1. The van der Waals surface area contributed by atoms with Gasteiger partial charge in [-0.25, -0.2) is 0 Å². The van der Waals surface area contributed by atoms with Crippen LogP contribution in [0.5, 0.6) is 0 Å². The Hall–Kier alpha value is -7.48. The summed E-state index contributed by atoms with van der Waals surface area (Å²) < 4.78 is 0. The highest BCUT2D eigenvalue weighted by Crippen LogP contribution is 2.44. The summed E-state index contributed by atoms with van der Waals surface area (Å²) in [6.07, 6.45) is 0. The zero-order valence-corrected chi connectivity index (χ0v) is 31.5. The predicted molar refractivity (Wildman–Crippen MR) is 243 cm³/mol. The van der Waals surface area contributed by atoms with Crippen LogP contribution in [0.2, 0.25) is 0 Å². The van der Waals surface area contributed by atoms with Crippen molar-refractivity contribution in [2.75, 3.05) is 4.90 Å². The molecule has 0 spiro atoms. The van der Waals surface area contributed by atoms with E-state index in [2.05, 4.69) is 241 Å². The van der Waals surface area contributed by atoms with Crippen molar-refractivity contribution in [3.8, 4) is 55.6 Å². The minimum Gasteiger partial charge on any atom is -0.310 e. The molecule has 0 aromatic heterocycles. The molecule has 1 heteroatoms. The van der Waals surface area contributed by atoms with E-state index in [1.54, 1.807) is 0 Å². The van der Waals surface area contributed by atoms with Gasteiger partial charge in [-0.3, -0.25) is 0 Å². The molecule has 0 amide bonds. The van der Waals surface area contributed by atoms with E-state index in [4.69, 9.17) is 0 Å². The molecular weight excluding hydrogens is 687 g/mol. The maximum Gasteiger partial charge on any atom is 0.0540 e. The topological polar surface area (TPSA) is 3.24 Å². The standard InChI is InChI=1S/C56H39N/c1-3-14-40(15-4-1)41-26-28-45(29-27-41)52-22-11-12-25-55(52)57(48-35-30-44(31-36-48)51-24-13-20-42-16-7-9-21-50(42)51)49-37-32-46(33-38-49)54-39-34-43-17-8-10-23-53(43)56(54)47-18-5-2-6-19-47/h1-39H. The maximum atomic E-state index is 2.40. The summed E-state index contributed by atoms with van der Waals surface area (Å²) in [5.41, 5.74) is 15.4. The summed E-state index contributed by atoms with van der Waals surface area (Å²) >= 11 is 0. The van der Waals surface area contributed by atoms with Crippen molar-refractivity contribution < 1.29 is 0 Å². The van der Waals surface area contributed by atoms with Crippen molar-refractivity contribution in [1.29, 1.82) is 0 Å². The van der Waals surface area contributed by atoms with Crippen LogP contribution in [-0.4, -0.2) is 0 Å². The fourth-order valence-corrected chi connectivity index (χ4v) is 8.30. The van der Waals surface area contributed by atoms with Gasteiger partial charge >= 0.3 is 0 Å². The van der Waals surface area contributed by atoms with Gasteiger partial charge in [-0.15, -0.1) is 0 Å². The number of para-hydroxylation sites is 1. The quantitative estimate of drug-likeness (QED) is 0.151. The van der Waals surface area contributed by atoms with Crippen molar-refractivity contribution in [3.63, 3.8) is 0 Å². The number of hydrogen-bond donors (Lipinski definition) is 0. The summed E-state index contributed by atoms with van der Waals surface area (Å²) in [7, 11) is 0. The second-order valence-corrected chi connectivity index (χ2v) is 14.5. The lowest BCUT2D eigenvalue weighted by Crippen LogP contribution is -2.11. The van der Waals surface area contributed by atoms with Gasteiger partial charge in [0.25, 0.3) is 0 Å². The van der Waals surface area contributed by atoms with Crippen molar-refractivity contribution >= 4 is 38.6 Å². The SMILES string of the molecule is c1ccc(-c2ccc(-c3ccccc3N(c3ccc(-c4ccc5ccccc5c4-c4ccccc4)cc3)c3ccc(-c4cccc5ccccc45)cc3)cc2)cc1. The molecule has 0 radical (unpaired) electrons. The lowest BCUT2D eigenvalue weighted by Gasteiger charge is -2.28. The second-order valence-electron chi connectivity index (χ2n) is 14.5. The highest BCUT2D eigenvalue weighted by molar-refractivity contribution is 6.04. The minimum absolute atomic E-state index is 1.09. The summed E-state index contributed by atoms with van der Waals surface area (Å²) in [5.74, 6) is 0. The molecule has 10 aromatic rings. The molecule has 57 heavy (non-hydrogen) atoms. The Bertz CT molecular complexity index is 2960. The van der Waals surface area contributed by atoms with Crippen LogP contribution in [0.4, 0.5) is 17.1 Å². The van der Waals surface area contributed by atoms with Crippen LogP contribution >= 0.6 is 0 Å². The van der Waals surface area contributed by atoms with Crippen LogP contribution < -0.4 is 4.90 Å². The van der Waals surface area contributed by atoms with Gasteiger partial charge in [-0.1, -0.05) is 206 Å². The average molecular weight is 726 g/mol. The van der Waals surface area contributed by atoms with Crippen LogP contribution in [0.15, 0.2) is 237 Å². The average Bonchev–Trinajstić information content (AvgIpc) is 3.30. The van der Waals surface area contributed by atoms with E-state index in [-0.39, 0.29) is 0 Å². The van der Waals surface area contributed by atoms with E-state index >= 15 is 0 Å². The van der Waals surface area contributed by atoms with Crippen molar-refractivity contribution in [2.45, 2.75) is 0 Å². The van der Waals surface area contributed by atoms with E-state index < -0.39 is 0 Å². The smallest absolute Gasteiger partial charge is 0.0540 e. The maximum absolute atomic E-state index is 2.40. The number of rotatable bonds is 8. The van der Waals surface area contributed by atoms with Crippen LogP contribution in [0.3, 0.4) is 0 Å². The molecule has 0 atom stereocenters. The predicted octanol–water partition coefficient (Wildman–Crippen LogP) is 15.8. The third-order valence-electron chi connectivity index (χ3n) is 11.1. The Morgan fingerprint density at radius 1 is 0.228 bits per heavy atom. The summed E-state index contributed by atoms with van der Waals surface area (Å²) in [6, 6.07) is 85.6. The highest BCUT2D eigenvalue weighted by Gasteiger charge is 2.19. The number of fused-ring (bicyclic) bond motifs is 2. The van der Waals surface area contributed by atoms with Crippen LogP contribution in [0.1, 0.15) is 0 Å². The van der Waals surface area contributed by atoms with Crippen LogP contribution in [0.25, 0.3) is 77.2 Å².